The number of nitrogens with one attached hydrogen (secondary N) is 1. The molecule has 2 rings (SSSR count). The SMILES string of the molecule is CCCn1c(N)c(NC(=O)C(C)Cc2ccc(SCC(=O)OC(C)(C)C)cc2)c(=O)n(CCC)c1=O. The standard InChI is InChI=1S/C26H38N4O5S/c1-7-13-29-22(27)21(24(33)30(14-8-2)25(29)34)28-23(32)17(3)15-18-9-11-19(12-10-18)36-16-20(31)35-26(4,5)6/h9-12,17H,7-8,13-16,27H2,1-6H3,(H,28,32). The topological polar surface area (TPSA) is 125 Å². The van der Waals surface area contributed by atoms with Crippen LogP contribution < -0.4 is 22.3 Å². The zero-order valence-electron chi connectivity index (χ0n) is 22.1. The Kier molecular flexibility index (Phi) is 10.4. The van der Waals surface area contributed by atoms with Crippen LogP contribution in [0.3, 0.4) is 0 Å². The molecule has 9 nitrogen and oxygen atoms in total. The third-order valence-corrected chi connectivity index (χ3v) is 6.29. The number of nitrogens with two attached hydrogens (primary N) is 1. The average molecular weight is 519 g/mol. The molecule has 0 saturated heterocycles. The van der Waals surface area contributed by atoms with Crippen LogP contribution in [0.5, 0.6) is 0 Å². The lowest BCUT2D eigenvalue weighted by atomic mass is 10.0. The second kappa shape index (κ2) is 12.8. The summed E-state index contributed by atoms with van der Waals surface area (Å²) in [7, 11) is 0. The Hall–Kier alpha value is -3.01. The molecule has 3 N–H and O–H groups in total. The van der Waals surface area contributed by atoms with E-state index in [2.05, 4.69) is 5.32 Å². The highest BCUT2D eigenvalue weighted by atomic mass is 32.2. The zero-order chi connectivity index (χ0) is 27.0. The first-order valence-corrected chi connectivity index (χ1v) is 13.2. The Bertz CT molecular complexity index is 1180. The van der Waals surface area contributed by atoms with E-state index >= 15 is 0 Å². The normalized spacial score (nSPS) is 12.3. The fraction of sp³-hybridized carbons (Fsp3) is 0.538. The number of benzene rings is 1. The number of rotatable bonds is 11. The highest BCUT2D eigenvalue weighted by Gasteiger charge is 2.21. The van der Waals surface area contributed by atoms with Gasteiger partial charge in [0.2, 0.25) is 5.91 Å². The second-order valence-electron chi connectivity index (χ2n) is 9.76. The van der Waals surface area contributed by atoms with Gasteiger partial charge in [-0.15, -0.1) is 11.8 Å². The van der Waals surface area contributed by atoms with Gasteiger partial charge < -0.3 is 15.8 Å². The summed E-state index contributed by atoms with van der Waals surface area (Å²) in [6.45, 7) is 11.6. The molecule has 1 atom stereocenters. The second-order valence-corrected chi connectivity index (χ2v) is 10.8. The number of carbonyl (C=O) groups is 2. The van der Waals surface area contributed by atoms with Crippen LogP contribution in [0, 0.1) is 5.92 Å². The summed E-state index contributed by atoms with van der Waals surface area (Å²) in [4.78, 5) is 51.4. The Morgan fingerprint density at radius 2 is 1.64 bits per heavy atom. The van der Waals surface area contributed by atoms with Crippen LogP contribution in [0.15, 0.2) is 38.8 Å². The summed E-state index contributed by atoms with van der Waals surface area (Å²) in [6.07, 6.45) is 1.70. The fourth-order valence-corrected chi connectivity index (χ4v) is 4.29. The number of carbonyl (C=O) groups excluding carboxylic acids is 2. The van der Waals surface area contributed by atoms with Crippen LogP contribution in [0.1, 0.15) is 59.9 Å². The maximum absolute atomic E-state index is 12.9. The lowest BCUT2D eigenvalue weighted by Gasteiger charge is -2.19. The highest BCUT2D eigenvalue weighted by Crippen LogP contribution is 2.21. The molecular weight excluding hydrogens is 480 g/mol. The van der Waals surface area contributed by atoms with Crippen LogP contribution >= 0.6 is 11.8 Å². The van der Waals surface area contributed by atoms with Gasteiger partial charge in [0.15, 0.2) is 0 Å². The summed E-state index contributed by atoms with van der Waals surface area (Å²) in [6, 6.07) is 7.62. The number of anilines is 2. The van der Waals surface area contributed by atoms with E-state index in [1.165, 1.54) is 16.3 Å². The quantitative estimate of drug-likeness (QED) is 0.343. The minimum Gasteiger partial charge on any atom is -0.459 e. The minimum atomic E-state index is -0.585. The van der Waals surface area contributed by atoms with Crippen molar-refractivity contribution < 1.29 is 14.3 Å². The summed E-state index contributed by atoms with van der Waals surface area (Å²) >= 11 is 1.39. The van der Waals surface area contributed by atoms with Crippen LogP contribution in [0.2, 0.25) is 0 Å². The number of esters is 1. The van der Waals surface area contributed by atoms with Crippen LogP contribution in [0.25, 0.3) is 0 Å². The Balaban J connectivity index is 2.09. The van der Waals surface area contributed by atoms with Gasteiger partial charge in [0.05, 0.1) is 5.75 Å². The van der Waals surface area contributed by atoms with Crippen LogP contribution in [-0.2, 0) is 33.8 Å². The smallest absolute Gasteiger partial charge is 0.332 e. The van der Waals surface area contributed by atoms with Crippen molar-refractivity contribution in [3.63, 3.8) is 0 Å². The molecule has 1 aromatic carbocycles. The van der Waals surface area contributed by atoms with E-state index in [4.69, 9.17) is 10.5 Å². The molecule has 0 fully saturated rings. The van der Waals surface area contributed by atoms with Crippen molar-refractivity contribution in [1.29, 1.82) is 0 Å². The number of aromatic nitrogens is 2. The Morgan fingerprint density at radius 3 is 2.19 bits per heavy atom. The van der Waals surface area contributed by atoms with Crippen LogP contribution in [0.4, 0.5) is 11.5 Å². The van der Waals surface area contributed by atoms with Crippen molar-refractivity contribution in [3.8, 4) is 0 Å². The number of ether oxygens (including phenoxy) is 1. The third-order valence-electron chi connectivity index (χ3n) is 5.30. The monoisotopic (exact) mass is 518 g/mol. The fourth-order valence-electron chi connectivity index (χ4n) is 3.62. The zero-order valence-corrected chi connectivity index (χ0v) is 22.9. The molecule has 0 aliphatic carbocycles. The maximum atomic E-state index is 12.9. The first-order valence-electron chi connectivity index (χ1n) is 12.3. The Labute approximate surface area is 216 Å². The lowest BCUT2D eigenvalue weighted by Crippen LogP contribution is -2.43. The van der Waals surface area contributed by atoms with Gasteiger partial charge in [-0.3, -0.25) is 23.5 Å². The maximum Gasteiger partial charge on any atom is 0.332 e. The van der Waals surface area contributed by atoms with Crippen molar-refractivity contribution in [2.75, 3.05) is 16.8 Å². The average Bonchev–Trinajstić information content (AvgIpc) is 2.80. The summed E-state index contributed by atoms with van der Waals surface area (Å²) < 4.78 is 7.78. The van der Waals surface area contributed by atoms with Crippen molar-refractivity contribution in [1.82, 2.24) is 9.13 Å². The minimum absolute atomic E-state index is 0.0221. The predicted molar refractivity (Wildman–Crippen MR) is 144 cm³/mol. The summed E-state index contributed by atoms with van der Waals surface area (Å²) in [5.74, 6) is -0.884. The molecule has 0 aliphatic rings. The van der Waals surface area contributed by atoms with Crippen molar-refractivity contribution in [2.24, 2.45) is 5.92 Å². The van der Waals surface area contributed by atoms with E-state index in [-0.39, 0.29) is 35.7 Å². The van der Waals surface area contributed by atoms with Gasteiger partial charge in [-0.25, -0.2) is 4.79 Å². The molecule has 1 unspecified atom stereocenters. The molecule has 0 bridgehead atoms. The number of hydrogen-bond donors (Lipinski definition) is 2. The largest absolute Gasteiger partial charge is 0.459 e. The molecule has 10 heteroatoms. The molecule has 2 aromatic rings. The molecule has 0 saturated carbocycles. The third kappa shape index (κ3) is 8.01. The molecule has 1 amide bonds. The van der Waals surface area contributed by atoms with Crippen LogP contribution in [-0.4, -0.2) is 32.4 Å². The van der Waals surface area contributed by atoms with E-state index in [0.717, 1.165) is 15.0 Å². The predicted octanol–water partition coefficient (Wildman–Crippen LogP) is 3.66. The van der Waals surface area contributed by atoms with Gasteiger partial charge >= 0.3 is 11.7 Å². The van der Waals surface area contributed by atoms with E-state index in [1.807, 2.05) is 58.9 Å². The van der Waals surface area contributed by atoms with Gasteiger partial charge in [0.25, 0.3) is 5.56 Å². The highest BCUT2D eigenvalue weighted by molar-refractivity contribution is 8.00. The van der Waals surface area contributed by atoms with E-state index in [1.54, 1.807) is 6.92 Å². The van der Waals surface area contributed by atoms with Gasteiger partial charge in [-0.1, -0.05) is 32.9 Å². The van der Waals surface area contributed by atoms with E-state index in [9.17, 15) is 19.2 Å². The van der Waals surface area contributed by atoms with Crippen molar-refractivity contribution >= 4 is 35.1 Å². The van der Waals surface area contributed by atoms with Gasteiger partial charge in [0, 0.05) is 23.9 Å². The lowest BCUT2D eigenvalue weighted by molar-refractivity contribution is -0.151. The van der Waals surface area contributed by atoms with Gasteiger partial charge in [-0.05, 0) is 57.7 Å². The molecule has 36 heavy (non-hydrogen) atoms. The first kappa shape index (κ1) is 29.2. The number of nitrogen functional groups attached to an aromatic ring is 1. The first-order chi connectivity index (χ1) is 16.9. The van der Waals surface area contributed by atoms with E-state index < -0.39 is 22.8 Å². The molecule has 198 valence electrons. The number of amides is 1. The summed E-state index contributed by atoms with van der Waals surface area (Å²) in [5, 5.41) is 2.67. The molecule has 0 spiro atoms. The molecular formula is C26H38N4O5S. The van der Waals surface area contributed by atoms with Crippen molar-refractivity contribution in [3.05, 3.63) is 50.7 Å². The van der Waals surface area contributed by atoms with Gasteiger partial charge in [-0.2, -0.15) is 0 Å². The number of hydrogen-bond acceptors (Lipinski definition) is 7. The molecule has 1 aromatic heterocycles. The molecule has 0 aliphatic heterocycles. The van der Waals surface area contributed by atoms with Gasteiger partial charge in [0.1, 0.15) is 17.1 Å². The molecule has 0 radical (unpaired) electrons. The molecule has 1 heterocycles. The summed E-state index contributed by atoms with van der Waals surface area (Å²) in [5.41, 5.74) is 5.46. The Morgan fingerprint density at radius 1 is 1.06 bits per heavy atom. The number of thioether (sulfide) groups is 1. The number of nitrogens with zero attached hydrogens (tertiary/aromatic N) is 2. The van der Waals surface area contributed by atoms with E-state index in [0.29, 0.717) is 25.8 Å². The van der Waals surface area contributed by atoms with Crippen molar-refractivity contribution in [2.45, 2.75) is 84.4 Å².